The molecule has 0 saturated carbocycles. The lowest BCUT2D eigenvalue weighted by Crippen LogP contribution is -2.30. The molecule has 3 aromatic heterocycles. The van der Waals surface area contributed by atoms with Crippen LogP contribution < -0.4 is 14.8 Å². The molecule has 1 aliphatic rings. The zero-order valence-corrected chi connectivity index (χ0v) is 19.9. The van der Waals surface area contributed by atoms with Crippen LogP contribution in [0.5, 0.6) is 11.5 Å². The summed E-state index contributed by atoms with van der Waals surface area (Å²) in [5, 5.41) is 3.41. The minimum absolute atomic E-state index is 0.584. The Morgan fingerprint density at radius 3 is 2.67 bits per heavy atom. The van der Waals surface area contributed by atoms with Crippen LogP contribution in [0.3, 0.4) is 0 Å². The quantitative estimate of drug-likeness (QED) is 0.533. The van der Waals surface area contributed by atoms with Crippen LogP contribution in [0.15, 0.2) is 55.0 Å². The van der Waals surface area contributed by atoms with E-state index in [1.54, 1.807) is 0 Å². The molecule has 6 heteroatoms. The van der Waals surface area contributed by atoms with Gasteiger partial charge in [-0.2, -0.15) is 0 Å². The summed E-state index contributed by atoms with van der Waals surface area (Å²) >= 11 is 0. The molecule has 174 valence electrons. The molecule has 1 N–H and O–H groups in total. The van der Waals surface area contributed by atoms with Gasteiger partial charge in [-0.05, 0) is 69.8 Å². The predicted octanol–water partition coefficient (Wildman–Crippen LogP) is 5.30. The molecule has 0 aromatic carbocycles. The Bertz CT molecular complexity index is 1130. The van der Waals surface area contributed by atoms with E-state index in [0.717, 1.165) is 78.6 Å². The fourth-order valence-electron chi connectivity index (χ4n) is 4.09. The van der Waals surface area contributed by atoms with Gasteiger partial charge in [-0.1, -0.05) is 30.7 Å². The molecule has 4 rings (SSSR count). The monoisotopic (exact) mass is 446 g/mol. The lowest BCUT2D eigenvalue weighted by molar-refractivity contribution is 0.215. The zero-order chi connectivity index (χ0) is 23.0. The van der Waals surface area contributed by atoms with Crippen LogP contribution in [0.25, 0.3) is 17.0 Å². The molecule has 0 radical (unpaired) electrons. The summed E-state index contributed by atoms with van der Waals surface area (Å²) in [7, 11) is 0. The highest BCUT2D eigenvalue weighted by Crippen LogP contribution is 2.24. The van der Waals surface area contributed by atoms with Gasteiger partial charge in [0.1, 0.15) is 17.1 Å². The van der Waals surface area contributed by atoms with Crippen LogP contribution in [-0.4, -0.2) is 40.7 Å². The van der Waals surface area contributed by atoms with Crippen LogP contribution in [-0.2, 0) is 0 Å². The Balaban J connectivity index is 1.70. The minimum Gasteiger partial charge on any atom is -0.493 e. The van der Waals surface area contributed by atoms with Crippen molar-refractivity contribution in [3.8, 4) is 22.9 Å². The Morgan fingerprint density at radius 2 is 1.85 bits per heavy atom. The van der Waals surface area contributed by atoms with E-state index in [1.807, 2.05) is 42.9 Å². The van der Waals surface area contributed by atoms with Crippen LogP contribution in [0.4, 0.5) is 0 Å². The first-order chi connectivity index (χ1) is 16.1. The van der Waals surface area contributed by atoms with E-state index in [2.05, 4.69) is 47.6 Å². The Kier molecular flexibility index (Phi) is 7.79. The Labute approximate surface area is 196 Å². The molecule has 0 amide bonds. The van der Waals surface area contributed by atoms with Crippen molar-refractivity contribution >= 4 is 5.65 Å². The molecule has 0 aliphatic carbocycles. The van der Waals surface area contributed by atoms with Crippen LogP contribution in [0.2, 0.25) is 0 Å². The molecule has 0 bridgehead atoms. The summed E-state index contributed by atoms with van der Waals surface area (Å²) in [6.45, 7) is 9.83. The van der Waals surface area contributed by atoms with Crippen molar-refractivity contribution in [3.63, 3.8) is 0 Å². The van der Waals surface area contributed by atoms with Gasteiger partial charge in [0.25, 0.3) is 0 Å². The molecule has 3 aromatic rings. The van der Waals surface area contributed by atoms with Gasteiger partial charge >= 0.3 is 0 Å². The normalized spacial score (nSPS) is 14.2. The van der Waals surface area contributed by atoms with Gasteiger partial charge in [0.05, 0.1) is 37.0 Å². The summed E-state index contributed by atoms with van der Waals surface area (Å²) in [6.07, 6.45) is 8.98. The van der Waals surface area contributed by atoms with Crippen LogP contribution in [0.1, 0.15) is 37.3 Å². The summed E-state index contributed by atoms with van der Waals surface area (Å²) < 4.78 is 14.0. The summed E-state index contributed by atoms with van der Waals surface area (Å²) in [5.74, 6) is 2.19. The van der Waals surface area contributed by atoms with Crippen molar-refractivity contribution in [1.29, 1.82) is 0 Å². The molecule has 33 heavy (non-hydrogen) atoms. The molecular weight excluding hydrogens is 412 g/mol. The van der Waals surface area contributed by atoms with Crippen molar-refractivity contribution in [2.45, 2.75) is 40.0 Å². The zero-order valence-electron chi connectivity index (χ0n) is 19.9. The third kappa shape index (κ3) is 6.02. The first-order valence-corrected chi connectivity index (χ1v) is 11.9. The van der Waals surface area contributed by atoms with E-state index in [4.69, 9.17) is 14.5 Å². The van der Waals surface area contributed by atoms with Gasteiger partial charge in [-0.15, -0.1) is 0 Å². The number of nitrogens with one attached hydrogen (secondary N) is 1. The SMILES string of the molecule is CCCOc1ccn2c(-c3ncc(OCC4CCNCC4)cccc(C)cc3C)cnc2c1. The smallest absolute Gasteiger partial charge is 0.140 e. The van der Waals surface area contributed by atoms with Gasteiger partial charge in [0.15, 0.2) is 0 Å². The fraction of sp³-hybridized carbons (Fsp3) is 0.407. The second-order valence-electron chi connectivity index (χ2n) is 8.69. The van der Waals surface area contributed by atoms with Crippen molar-refractivity contribution in [2.24, 2.45) is 5.92 Å². The first-order valence-electron chi connectivity index (χ1n) is 11.9. The lowest BCUT2D eigenvalue weighted by Gasteiger charge is -2.22. The van der Waals surface area contributed by atoms with Crippen molar-refractivity contribution in [2.75, 3.05) is 26.3 Å². The maximum absolute atomic E-state index is 6.18. The minimum atomic E-state index is 0.584. The standard InChI is InChI=1S/C27H34N4O2/c1-4-14-32-23-10-13-31-25(18-29-26(31)16-23)27-21(3)15-20(2)6-5-7-24(17-30-27)33-19-22-8-11-28-12-9-22/h5-7,10,13,15-18,22,28H,4,8-9,11-12,14,19H2,1-3H3. The number of rotatable bonds is 7. The number of nitrogens with zero attached hydrogens (tertiary/aromatic N) is 3. The third-order valence-electron chi connectivity index (χ3n) is 5.90. The van der Waals surface area contributed by atoms with Gasteiger partial charge in [-0.25, -0.2) is 4.98 Å². The van der Waals surface area contributed by atoms with E-state index >= 15 is 0 Å². The van der Waals surface area contributed by atoms with Crippen LogP contribution >= 0.6 is 0 Å². The summed E-state index contributed by atoms with van der Waals surface area (Å²) in [5.41, 5.74) is 4.87. The molecule has 1 saturated heterocycles. The summed E-state index contributed by atoms with van der Waals surface area (Å²) in [4.78, 5) is 9.51. The second-order valence-corrected chi connectivity index (χ2v) is 8.69. The van der Waals surface area contributed by atoms with Gasteiger partial charge < -0.3 is 14.8 Å². The molecule has 0 spiro atoms. The number of hydrogen-bond acceptors (Lipinski definition) is 5. The number of aryl methyl sites for hydroxylation is 2. The van der Waals surface area contributed by atoms with E-state index in [1.165, 1.54) is 0 Å². The molecule has 6 nitrogen and oxygen atoms in total. The second kappa shape index (κ2) is 11.1. The summed E-state index contributed by atoms with van der Waals surface area (Å²) in [6, 6.07) is 12.2. The number of pyridine rings is 1. The highest BCUT2D eigenvalue weighted by molar-refractivity contribution is 5.63. The highest BCUT2D eigenvalue weighted by Gasteiger charge is 2.14. The maximum Gasteiger partial charge on any atom is 0.140 e. The fourth-order valence-corrected chi connectivity index (χ4v) is 4.09. The molecule has 4 heterocycles. The van der Waals surface area contributed by atoms with E-state index < -0.39 is 0 Å². The largest absolute Gasteiger partial charge is 0.493 e. The molecule has 0 atom stereocenters. The maximum atomic E-state index is 6.18. The van der Waals surface area contributed by atoms with Crippen molar-refractivity contribution in [3.05, 3.63) is 66.1 Å². The van der Waals surface area contributed by atoms with Crippen LogP contribution in [0, 0.1) is 19.8 Å². The molecule has 1 fully saturated rings. The lowest BCUT2D eigenvalue weighted by atomic mass is 9.99. The van der Waals surface area contributed by atoms with E-state index in [9.17, 15) is 0 Å². The predicted molar refractivity (Wildman–Crippen MR) is 132 cm³/mol. The van der Waals surface area contributed by atoms with Crippen molar-refractivity contribution < 1.29 is 9.47 Å². The average molecular weight is 447 g/mol. The molecular formula is C27H34N4O2. The average Bonchev–Trinajstić information content (AvgIpc) is 3.24. The van der Waals surface area contributed by atoms with E-state index in [-0.39, 0.29) is 0 Å². The number of fused-ring (bicyclic) bond motifs is 1. The van der Waals surface area contributed by atoms with Gasteiger partial charge in [0.2, 0.25) is 0 Å². The number of hydrogen-bond donors (Lipinski definition) is 1. The molecule has 0 unspecified atom stereocenters. The highest BCUT2D eigenvalue weighted by atomic mass is 16.5. The number of ether oxygens (including phenoxy) is 2. The Morgan fingerprint density at radius 1 is 1.00 bits per heavy atom. The van der Waals surface area contributed by atoms with Gasteiger partial charge in [0, 0.05) is 12.3 Å². The topological polar surface area (TPSA) is 60.7 Å². The first kappa shape index (κ1) is 23.1. The van der Waals surface area contributed by atoms with Gasteiger partial charge in [-0.3, -0.25) is 9.38 Å². The number of imidazole rings is 1. The Hall–Kier alpha value is -3.12. The number of aromatic nitrogens is 3. The third-order valence-corrected chi connectivity index (χ3v) is 5.90. The van der Waals surface area contributed by atoms with Crippen molar-refractivity contribution in [1.82, 2.24) is 19.7 Å². The number of piperidine rings is 1. The molecule has 1 aliphatic heterocycles. The van der Waals surface area contributed by atoms with E-state index in [0.29, 0.717) is 12.5 Å².